The van der Waals surface area contributed by atoms with Crippen LogP contribution in [0.25, 0.3) is 0 Å². The summed E-state index contributed by atoms with van der Waals surface area (Å²) in [6.07, 6.45) is 5.32. The quantitative estimate of drug-likeness (QED) is 0.419. The zero-order valence-corrected chi connectivity index (χ0v) is 22.1. The van der Waals surface area contributed by atoms with E-state index in [-0.39, 0.29) is 42.3 Å². The number of carbonyl (C=O) groups excluding carboxylic acids is 3. The molecular weight excluding hydrogens is 480 g/mol. The lowest BCUT2D eigenvalue weighted by Crippen LogP contribution is -2.61. The Hall–Kier alpha value is -1.79. The predicted octanol–water partition coefficient (Wildman–Crippen LogP) is 5.73. The van der Waals surface area contributed by atoms with Gasteiger partial charge < -0.3 is 14.2 Å². The van der Waals surface area contributed by atoms with Crippen molar-refractivity contribution in [2.24, 2.45) is 40.4 Å². The van der Waals surface area contributed by atoms with E-state index in [1.165, 1.54) is 12.2 Å². The second-order valence-corrected chi connectivity index (χ2v) is 12.5. The summed E-state index contributed by atoms with van der Waals surface area (Å²) in [5.74, 6) is -7.61. The van der Waals surface area contributed by atoms with E-state index >= 15 is 0 Å². The Balaban J connectivity index is 1.37. The molecule has 1 saturated heterocycles. The highest BCUT2D eigenvalue weighted by molar-refractivity contribution is 6.01. The molecule has 0 aromatic rings. The Morgan fingerprint density at radius 1 is 1.21 bits per heavy atom. The van der Waals surface area contributed by atoms with Gasteiger partial charge in [-0.05, 0) is 74.8 Å². The maximum Gasteiger partial charge on any atom is 0.308 e. The van der Waals surface area contributed by atoms with E-state index in [2.05, 4.69) is 0 Å². The van der Waals surface area contributed by atoms with Crippen LogP contribution in [-0.4, -0.2) is 42.1 Å². The fourth-order valence-electron chi connectivity index (χ4n) is 8.80. The number of hydrogen-bond acceptors (Lipinski definition) is 6. The van der Waals surface area contributed by atoms with Crippen LogP contribution in [0.4, 0.5) is 0 Å². The number of ether oxygens (including phenoxy) is 3. The number of Topliss-reactive ketones (excluding diaryl/α,β-unsaturated/α-hetero) is 1. The van der Waals surface area contributed by atoms with E-state index in [0.29, 0.717) is 31.3 Å². The first-order chi connectivity index (χ1) is 22.0. The molecule has 0 spiro atoms. The van der Waals surface area contributed by atoms with Crippen LogP contribution in [0.2, 0.25) is 0 Å². The molecule has 0 aromatic carbocycles. The first-order valence-electron chi connectivity index (χ1n) is 19.0. The van der Waals surface area contributed by atoms with Crippen LogP contribution in [0.3, 0.4) is 0 Å². The van der Waals surface area contributed by atoms with Gasteiger partial charge in [0, 0.05) is 29.1 Å². The highest BCUT2D eigenvalue weighted by Gasteiger charge is 2.75. The predicted molar refractivity (Wildman–Crippen MR) is 142 cm³/mol. The number of rotatable bonds is 5. The van der Waals surface area contributed by atoms with Crippen molar-refractivity contribution in [2.45, 2.75) is 110 Å². The molecule has 208 valence electrons. The van der Waals surface area contributed by atoms with E-state index in [1.807, 2.05) is 13.8 Å². The zero-order chi connectivity index (χ0) is 35.5. The number of carbonyl (C=O) groups is 3. The number of fused-ring (bicyclic) bond motifs is 7. The first-order valence-corrected chi connectivity index (χ1v) is 14.0. The summed E-state index contributed by atoms with van der Waals surface area (Å²) < 4.78 is 99.7. The summed E-state index contributed by atoms with van der Waals surface area (Å²) in [4.78, 5) is 40.0. The topological polar surface area (TPSA) is 78.9 Å². The van der Waals surface area contributed by atoms with Gasteiger partial charge in [0.15, 0.2) is 24.3 Å². The van der Waals surface area contributed by atoms with Gasteiger partial charge in [0.25, 0.3) is 0 Å². The van der Waals surface area contributed by atoms with Crippen molar-refractivity contribution in [3.63, 3.8) is 0 Å². The third-order valence-electron chi connectivity index (χ3n) is 10.8. The monoisotopic (exact) mass is 534 g/mol. The van der Waals surface area contributed by atoms with Crippen molar-refractivity contribution >= 4 is 17.5 Å². The summed E-state index contributed by atoms with van der Waals surface area (Å²) in [6.45, 7) is -4.45. The molecule has 5 fully saturated rings. The fourth-order valence-corrected chi connectivity index (χ4v) is 8.80. The normalized spacial score (nSPS) is 52.3. The van der Waals surface area contributed by atoms with Crippen LogP contribution >= 0.6 is 0 Å². The molecule has 6 rings (SSSR count). The Morgan fingerprint density at radius 2 is 2.00 bits per heavy atom. The van der Waals surface area contributed by atoms with Gasteiger partial charge in [0.2, 0.25) is 5.78 Å². The smallest absolute Gasteiger partial charge is 0.308 e. The Bertz CT molecular complexity index is 1440. The van der Waals surface area contributed by atoms with Crippen LogP contribution in [-0.2, 0) is 28.6 Å². The Labute approximate surface area is 241 Å². The van der Waals surface area contributed by atoms with Gasteiger partial charge in [0.05, 0.1) is 13.4 Å². The maximum absolute atomic E-state index is 14.6. The molecule has 0 bridgehead atoms. The van der Waals surface area contributed by atoms with E-state index in [1.54, 1.807) is 6.08 Å². The average Bonchev–Trinajstić information content (AvgIpc) is 3.43. The minimum absolute atomic E-state index is 0.0691. The molecular formula is C32H44O6. The molecule has 38 heavy (non-hydrogen) atoms. The van der Waals surface area contributed by atoms with Crippen molar-refractivity contribution in [3.8, 4) is 0 Å². The standard InChI is InChI=1S/C32H44O6/c1-19(2)28(35)36-18-26(34)32-27(37-29(38-32)20-8-6-5-7-9-20)17-25-23-11-10-21-16-22(33)12-14-30(21,3)24(23)13-15-31(25,32)4/h12,14,16,19-20,23-25,27,29H,5-11,13,15,17-18H2,1-4H3/t23-,24+,25+,27-,29-,30+,31+,32-/m1/s1/i1D3,2D3,10D2,19D,29D. The molecule has 6 aliphatic rings. The third-order valence-corrected chi connectivity index (χ3v) is 10.8. The molecule has 4 saturated carbocycles. The van der Waals surface area contributed by atoms with Crippen LogP contribution in [0.1, 0.15) is 105 Å². The van der Waals surface area contributed by atoms with Crippen molar-refractivity contribution in [1.82, 2.24) is 0 Å². The molecule has 0 N–H and O–H groups in total. The van der Waals surface area contributed by atoms with Gasteiger partial charge in [-0.3, -0.25) is 14.4 Å². The summed E-state index contributed by atoms with van der Waals surface area (Å²) in [6, 6.07) is 0. The molecule has 1 aliphatic heterocycles. The minimum Gasteiger partial charge on any atom is -0.457 e. The summed E-state index contributed by atoms with van der Waals surface area (Å²) in [5.41, 5.74) is -3.17. The summed E-state index contributed by atoms with van der Waals surface area (Å²) >= 11 is 0. The van der Waals surface area contributed by atoms with Gasteiger partial charge in [0.1, 0.15) is 0 Å². The second kappa shape index (κ2) is 9.40. The number of hydrogen-bond donors (Lipinski definition) is 0. The van der Waals surface area contributed by atoms with Gasteiger partial charge in [-0.2, -0.15) is 0 Å². The molecule has 0 radical (unpaired) electrons. The van der Waals surface area contributed by atoms with E-state index in [0.717, 1.165) is 19.3 Å². The van der Waals surface area contributed by atoms with E-state index in [4.69, 9.17) is 26.5 Å². The molecule has 6 nitrogen and oxygen atoms in total. The zero-order valence-electron chi connectivity index (χ0n) is 32.1. The van der Waals surface area contributed by atoms with E-state index < -0.39 is 73.1 Å². The fraction of sp³-hybridized carbons (Fsp3) is 0.781. The van der Waals surface area contributed by atoms with Gasteiger partial charge in [-0.15, -0.1) is 0 Å². The first kappa shape index (κ1) is 17.1. The SMILES string of the molecule is [2H]C1([2H])C[C@@H]2[C@H](CC[C@@]3(C)[C@H]2C[C@H]2O[C@@]([2H])(C4CCCCC4)O[C@]23C(=O)COC(=O)C([2H])(C([2H])([2H])[2H])C([2H])([2H])[2H])[C@@]2(C)C=CC(=O)C=C12. The largest absolute Gasteiger partial charge is 0.457 e. The highest BCUT2D eigenvalue weighted by Crippen LogP contribution is 2.70. The van der Waals surface area contributed by atoms with Crippen LogP contribution in [0.15, 0.2) is 23.8 Å². The number of allylic oxidation sites excluding steroid dienone is 4. The average molecular weight is 535 g/mol. The molecule has 0 aromatic heterocycles. The number of ketones is 2. The second-order valence-electron chi connectivity index (χ2n) is 12.5. The van der Waals surface area contributed by atoms with Crippen LogP contribution < -0.4 is 0 Å². The molecule has 8 atom stereocenters. The van der Waals surface area contributed by atoms with Crippen molar-refractivity contribution in [2.75, 3.05) is 6.61 Å². The molecule has 6 heteroatoms. The Kier molecular flexibility index (Phi) is 4.23. The minimum atomic E-state index is -3.64. The molecule has 1 heterocycles. The Morgan fingerprint density at radius 3 is 2.76 bits per heavy atom. The lowest BCUT2D eigenvalue weighted by atomic mass is 9.47. The van der Waals surface area contributed by atoms with Gasteiger partial charge in [-0.25, -0.2) is 0 Å². The van der Waals surface area contributed by atoms with Crippen molar-refractivity contribution in [1.29, 1.82) is 0 Å². The molecule has 0 amide bonds. The summed E-state index contributed by atoms with van der Waals surface area (Å²) in [7, 11) is 0. The highest BCUT2D eigenvalue weighted by atomic mass is 16.7. The van der Waals surface area contributed by atoms with Crippen molar-refractivity contribution in [3.05, 3.63) is 23.8 Å². The summed E-state index contributed by atoms with van der Waals surface area (Å²) in [5, 5.41) is 0. The number of esters is 1. The maximum atomic E-state index is 14.6. The third kappa shape index (κ3) is 3.76. The van der Waals surface area contributed by atoms with Crippen molar-refractivity contribution < 1.29 is 42.3 Å². The van der Waals surface area contributed by atoms with Crippen LogP contribution in [0.5, 0.6) is 0 Å². The van der Waals surface area contributed by atoms with Gasteiger partial charge in [-0.1, -0.05) is 58.5 Å². The van der Waals surface area contributed by atoms with Crippen LogP contribution in [0, 0.1) is 40.4 Å². The lowest BCUT2D eigenvalue weighted by molar-refractivity contribution is -0.198. The van der Waals surface area contributed by atoms with Gasteiger partial charge >= 0.3 is 5.97 Å². The molecule has 5 aliphatic carbocycles. The lowest BCUT2D eigenvalue weighted by Gasteiger charge is -2.58. The molecule has 0 unspecified atom stereocenters. The van der Waals surface area contributed by atoms with E-state index in [9.17, 15) is 15.8 Å².